The van der Waals surface area contributed by atoms with Crippen LogP contribution in [0.5, 0.6) is 0 Å². The van der Waals surface area contributed by atoms with Gasteiger partial charge in [0.25, 0.3) is 0 Å². The zero-order chi connectivity index (χ0) is 15.4. The highest BCUT2D eigenvalue weighted by Crippen LogP contribution is 2.35. The molecule has 1 aromatic carbocycles. The fourth-order valence-corrected chi connectivity index (χ4v) is 3.55. The highest BCUT2D eigenvalue weighted by Gasteiger charge is 2.24. The van der Waals surface area contributed by atoms with Crippen molar-refractivity contribution in [2.24, 2.45) is 5.92 Å². The molecule has 118 valence electrons. The summed E-state index contributed by atoms with van der Waals surface area (Å²) in [6, 6.07) is 7.37. The van der Waals surface area contributed by atoms with Crippen molar-refractivity contribution in [1.82, 2.24) is 5.32 Å². The number of nitrogens with zero attached hydrogens (tertiary/aromatic N) is 1. The Morgan fingerprint density at radius 2 is 1.90 bits per heavy atom. The number of hydrogen-bond donors (Lipinski definition) is 1. The van der Waals surface area contributed by atoms with Crippen LogP contribution in [0, 0.1) is 5.92 Å². The molecular formula is C18H29ClN2. The van der Waals surface area contributed by atoms with Crippen LogP contribution in [0.25, 0.3) is 0 Å². The maximum absolute atomic E-state index is 6.52. The van der Waals surface area contributed by atoms with Crippen LogP contribution in [0.3, 0.4) is 0 Å². The van der Waals surface area contributed by atoms with Gasteiger partial charge in [0.05, 0.1) is 10.7 Å². The lowest BCUT2D eigenvalue weighted by Crippen LogP contribution is -2.36. The number of rotatable bonds is 5. The predicted molar refractivity (Wildman–Crippen MR) is 93.3 cm³/mol. The fraction of sp³-hybridized carbons (Fsp3) is 0.667. The molecule has 1 aliphatic rings. The monoisotopic (exact) mass is 308 g/mol. The van der Waals surface area contributed by atoms with Gasteiger partial charge in [-0.2, -0.15) is 0 Å². The van der Waals surface area contributed by atoms with Crippen LogP contribution >= 0.6 is 11.6 Å². The van der Waals surface area contributed by atoms with E-state index in [1.54, 1.807) is 0 Å². The van der Waals surface area contributed by atoms with Crippen molar-refractivity contribution in [2.75, 3.05) is 11.9 Å². The van der Waals surface area contributed by atoms with Crippen molar-refractivity contribution >= 4 is 17.3 Å². The summed E-state index contributed by atoms with van der Waals surface area (Å²) in [7, 11) is 2.21. The van der Waals surface area contributed by atoms with Gasteiger partial charge in [0.1, 0.15) is 0 Å². The summed E-state index contributed by atoms with van der Waals surface area (Å²) in [5.74, 6) is 0.878. The van der Waals surface area contributed by atoms with Gasteiger partial charge >= 0.3 is 0 Å². The Morgan fingerprint density at radius 3 is 2.52 bits per heavy atom. The molecule has 0 aliphatic heterocycles. The first kappa shape index (κ1) is 16.6. The topological polar surface area (TPSA) is 15.3 Å². The van der Waals surface area contributed by atoms with E-state index >= 15 is 0 Å². The Kier molecular flexibility index (Phi) is 5.95. The van der Waals surface area contributed by atoms with Crippen LogP contribution in [-0.4, -0.2) is 19.1 Å². The molecule has 0 spiro atoms. The number of para-hydroxylation sites is 1. The zero-order valence-corrected chi connectivity index (χ0v) is 14.6. The molecule has 1 aliphatic carbocycles. The molecule has 1 N–H and O–H groups in total. The summed E-state index contributed by atoms with van der Waals surface area (Å²) in [6.07, 6.45) is 5.22. The van der Waals surface area contributed by atoms with Gasteiger partial charge in [-0.05, 0) is 43.2 Å². The number of hydrogen-bond acceptors (Lipinski definition) is 2. The molecule has 2 nitrogen and oxygen atoms in total. The zero-order valence-electron chi connectivity index (χ0n) is 13.8. The van der Waals surface area contributed by atoms with Gasteiger partial charge in [0.15, 0.2) is 0 Å². The van der Waals surface area contributed by atoms with Gasteiger partial charge in [-0.25, -0.2) is 0 Å². The fourth-order valence-electron chi connectivity index (χ4n) is 3.22. The Bertz CT molecular complexity index is 451. The molecule has 0 radical (unpaired) electrons. The van der Waals surface area contributed by atoms with Crippen molar-refractivity contribution in [2.45, 2.75) is 65.1 Å². The number of anilines is 1. The van der Waals surface area contributed by atoms with E-state index in [1.807, 2.05) is 6.07 Å². The van der Waals surface area contributed by atoms with Crippen molar-refractivity contribution in [1.29, 1.82) is 0 Å². The van der Waals surface area contributed by atoms with Crippen molar-refractivity contribution < 1.29 is 0 Å². The van der Waals surface area contributed by atoms with Gasteiger partial charge in [-0.1, -0.05) is 44.5 Å². The first-order valence-electron chi connectivity index (χ1n) is 8.22. The largest absolute Gasteiger partial charge is 0.370 e. The van der Waals surface area contributed by atoms with E-state index in [1.165, 1.54) is 36.9 Å². The van der Waals surface area contributed by atoms with E-state index in [2.05, 4.69) is 50.2 Å². The van der Waals surface area contributed by atoms with E-state index in [0.717, 1.165) is 17.5 Å². The molecule has 0 heterocycles. The lowest BCUT2D eigenvalue weighted by molar-refractivity contribution is 0.340. The molecule has 3 heteroatoms. The molecule has 0 bridgehead atoms. The molecular weight excluding hydrogens is 280 g/mol. The molecule has 0 saturated heterocycles. The predicted octanol–water partition coefficient (Wildman–Crippen LogP) is 4.85. The highest BCUT2D eigenvalue weighted by atomic mass is 35.5. The first-order chi connectivity index (χ1) is 9.99. The van der Waals surface area contributed by atoms with Crippen LogP contribution < -0.4 is 10.2 Å². The average molecular weight is 309 g/mol. The summed E-state index contributed by atoms with van der Waals surface area (Å²) < 4.78 is 0. The number of halogens is 1. The second-order valence-electron chi connectivity index (χ2n) is 6.81. The Balaban J connectivity index is 2.16. The summed E-state index contributed by atoms with van der Waals surface area (Å²) in [5, 5.41) is 4.38. The maximum Gasteiger partial charge on any atom is 0.0642 e. The van der Waals surface area contributed by atoms with Gasteiger partial charge in [-0.15, -0.1) is 0 Å². The molecule has 0 unspecified atom stereocenters. The van der Waals surface area contributed by atoms with E-state index in [9.17, 15) is 0 Å². The highest BCUT2D eigenvalue weighted by molar-refractivity contribution is 6.33. The van der Waals surface area contributed by atoms with Gasteiger partial charge in [-0.3, -0.25) is 0 Å². The third-order valence-corrected chi connectivity index (χ3v) is 4.96. The van der Waals surface area contributed by atoms with Crippen molar-refractivity contribution in [3.8, 4) is 0 Å². The SMILES string of the molecule is CC1CCC(N(C)c2c(Cl)cccc2CNC(C)C)CC1. The summed E-state index contributed by atoms with van der Waals surface area (Å²) >= 11 is 6.52. The second-order valence-corrected chi connectivity index (χ2v) is 7.21. The summed E-state index contributed by atoms with van der Waals surface area (Å²) in [6.45, 7) is 7.59. The Labute approximate surface area is 134 Å². The van der Waals surface area contributed by atoms with Crippen LogP contribution in [0.1, 0.15) is 52.0 Å². The minimum atomic E-state index is 0.484. The lowest BCUT2D eigenvalue weighted by Gasteiger charge is -2.36. The van der Waals surface area contributed by atoms with E-state index in [-0.39, 0.29) is 0 Å². The maximum atomic E-state index is 6.52. The third-order valence-electron chi connectivity index (χ3n) is 4.66. The van der Waals surface area contributed by atoms with E-state index in [0.29, 0.717) is 12.1 Å². The van der Waals surface area contributed by atoms with Crippen LogP contribution in [0.2, 0.25) is 5.02 Å². The van der Waals surface area contributed by atoms with Crippen LogP contribution in [0.15, 0.2) is 18.2 Å². The van der Waals surface area contributed by atoms with Gasteiger partial charge in [0.2, 0.25) is 0 Å². The van der Waals surface area contributed by atoms with Crippen LogP contribution in [0.4, 0.5) is 5.69 Å². The quantitative estimate of drug-likeness (QED) is 0.836. The molecule has 21 heavy (non-hydrogen) atoms. The molecule has 1 saturated carbocycles. The van der Waals surface area contributed by atoms with E-state index in [4.69, 9.17) is 11.6 Å². The van der Waals surface area contributed by atoms with Crippen molar-refractivity contribution in [3.63, 3.8) is 0 Å². The van der Waals surface area contributed by atoms with Crippen LogP contribution in [-0.2, 0) is 6.54 Å². The minimum absolute atomic E-state index is 0.484. The third kappa shape index (κ3) is 4.37. The molecule has 2 rings (SSSR count). The minimum Gasteiger partial charge on any atom is -0.370 e. The summed E-state index contributed by atoms with van der Waals surface area (Å²) in [5.41, 5.74) is 2.52. The standard InChI is InChI=1S/C18H29ClN2/c1-13(2)20-12-15-6-5-7-17(19)18(15)21(4)16-10-8-14(3)9-11-16/h5-7,13-14,16,20H,8-12H2,1-4H3. The first-order valence-corrected chi connectivity index (χ1v) is 8.60. The molecule has 1 fully saturated rings. The Hall–Kier alpha value is -0.730. The summed E-state index contributed by atoms with van der Waals surface area (Å²) in [4.78, 5) is 2.42. The van der Waals surface area contributed by atoms with Gasteiger partial charge < -0.3 is 10.2 Å². The molecule has 0 aromatic heterocycles. The van der Waals surface area contributed by atoms with Gasteiger partial charge in [0, 0.05) is 25.7 Å². The number of nitrogens with one attached hydrogen (secondary N) is 1. The van der Waals surface area contributed by atoms with E-state index < -0.39 is 0 Å². The lowest BCUT2D eigenvalue weighted by atomic mass is 9.86. The van der Waals surface area contributed by atoms with Crippen molar-refractivity contribution in [3.05, 3.63) is 28.8 Å². The second kappa shape index (κ2) is 7.51. The molecule has 0 amide bonds. The number of benzene rings is 1. The molecule has 0 atom stereocenters. The normalized spacial score (nSPS) is 22.6. The Morgan fingerprint density at radius 1 is 1.24 bits per heavy atom. The molecule has 1 aromatic rings. The smallest absolute Gasteiger partial charge is 0.0642 e. The average Bonchev–Trinajstić information content (AvgIpc) is 2.45.